The van der Waals surface area contributed by atoms with Gasteiger partial charge in [-0.05, 0) is 24.3 Å². The minimum Gasteiger partial charge on any atom is -0.489 e. The van der Waals surface area contributed by atoms with Gasteiger partial charge in [0.1, 0.15) is 16.5 Å². The molecule has 4 rings (SSSR count). The van der Waals surface area contributed by atoms with Crippen molar-refractivity contribution in [2.45, 2.75) is 11.3 Å². The zero-order valence-electron chi connectivity index (χ0n) is 16.3. The Morgan fingerprint density at radius 2 is 1.71 bits per heavy atom. The highest BCUT2D eigenvalue weighted by atomic mass is 35.5. The smallest absolute Gasteiger partial charge is 0.254 e. The maximum Gasteiger partial charge on any atom is 0.254 e. The molecule has 11 heteroatoms. The molecule has 2 aromatic rings. The van der Waals surface area contributed by atoms with Crippen molar-refractivity contribution in [2.24, 2.45) is 0 Å². The highest BCUT2D eigenvalue weighted by Crippen LogP contribution is 2.38. The van der Waals surface area contributed by atoms with Crippen LogP contribution in [0.15, 0.2) is 35.2 Å². The normalized spacial score (nSPS) is 17.3. The second-order valence-corrected chi connectivity index (χ2v) is 9.42. The van der Waals surface area contributed by atoms with Gasteiger partial charge in [-0.15, -0.1) is 0 Å². The number of carbonyl (C=O) groups excluding carboxylic acids is 1. The summed E-state index contributed by atoms with van der Waals surface area (Å²) < 4.78 is 64.8. The molecule has 166 valence electrons. The van der Waals surface area contributed by atoms with Crippen molar-refractivity contribution in [3.05, 3.63) is 52.6 Å². The van der Waals surface area contributed by atoms with Crippen molar-refractivity contribution in [3.63, 3.8) is 0 Å². The van der Waals surface area contributed by atoms with Gasteiger partial charge in [-0.1, -0.05) is 11.6 Å². The Morgan fingerprint density at radius 1 is 1.00 bits per heavy atom. The van der Waals surface area contributed by atoms with Crippen LogP contribution >= 0.6 is 11.6 Å². The van der Waals surface area contributed by atoms with Gasteiger partial charge in [0.2, 0.25) is 10.0 Å². The summed E-state index contributed by atoms with van der Waals surface area (Å²) in [5.41, 5.74) is 0.301. The van der Waals surface area contributed by atoms with E-state index in [1.165, 1.54) is 11.0 Å². The highest BCUT2D eigenvalue weighted by Gasteiger charge is 2.33. The molecule has 2 aromatic carbocycles. The quantitative estimate of drug-likeness (QED) is 0.686. The fraction of sp³-hybridized carbons (Fsp3) is 0.350. The highest BCUT2D eigenvalue weighted by molar-refractivity contribution is 7.89. The van der Waals surface area contributed by atoms with Gasteiger partial charge in [0, 0.05) is 44.2 Å². The lowest BCUT2D eigenvalue weighted by molar-refractivity contribution is 0.0697. The van der Waals surface area contributed by atoms with Gasteiger partial charge >= 0.3 is 0 Å². The van der Waals surface area contributed by atoms with E-state index < -0.39 is 26.6 Å². The summed E-state index contributed by atoms with van der Waals surface area (Å²) >= 11 is 6.25. The Morgan fingerprint density at radius 3 is 2.42 bits per heavy atom. The molecule has 0 aromatic heterocycles. The average Bonchev–Trinajstić information content (AvgIpc) is 2.99. The average molecular weight is 473 g/mol. The van der Waals surface area contributed by atoms with Crippen LogP contribution in [-0.4, -0.2) is 62.9 Å². The first-order chi connectivity index (χ1) is 14.8. The fourth-order valence-corrected chi connectivity index (χ4v) is 5.22. The predicted molar refractivity (Wildman–Crippen MR) is 108 cm³/mol. The van der Waals surface area contributed by atoms with E-state index in [4.69, 9.17) is 21.1 Å². The standard InChI is InChI=1S/C20H19ClF2N2O5S/c21-15-10-13(11-17-19(15)30-9-1-8-29-17)20(26)24-4-6-25(7-5-24)31(27,28)18-3-2-14(22)12-16(18)23/h2-3,10-12H,1,4-9H2. The van der Waals surface area contributed by atoms with E-state index in [9.17, 15) is 22.0 Å². The van der Waals surface area contributed by atoms with Crippen molar-refractivity contribution >= 4 is 27.5 Å². The van der Waals surface area contributed by atoms with Crippen molar-refractivity contribution in [1.82, 2.24) is 9.21 Å². The number of carbonyl (C=O) groups is 1. The lowest BCUT2D eigenvalue weighted by Crippen LogP contribution is -2.50. The molecule has 0 radical (unpaired) electrons. The van der Waals surface area contributed by atoms with Crippen molar-refractivity contribution in [3.8, 4) is 11.5 Å². The number of nitrogens with zero attached hydrogens (tertiary/aromatic N) is 2. The summed E-state index contributed by atoms with van der Waals surface area (Å²) in [5, 5.41) is 0.260. The number of sulfonamides is 1. The Hall–Kier alpha value is -2.43. The second kappa shape index (κ2) is 8.60. The Bertz CT molecular complexity index is 1120. The lowest BCUT2D eigenvalue weighted by atomic mass is 10.1. The number of halogens is 3. The summed E-state index contributed by atoms with van der Waals surface area (Å²) in [6, 6.07) is 5.38. The van der Waals surface area contributed by atoms with E-state index in [1.54, 1.807) is 6.07 Å². The maximum atomic E-state index is 14.0. The first-order valence-corrected chi connectivity index (χ1v) is 11.4. The number of ether oxygens (including phenoxy) is 2. The molecule has 0 N–H and O–H groups in total. The molecule has 2 aliphatic heterocycles. The molecule has 2 heterocycles. The SMILES string of the molecule is O=C(c1cc(Cl)c2c(c1)OCCCO2)N1CCN(S(=O)(=O)c2ccc(F)cc2F)CC1. The van der Waals surface area contributed by atoms with Gasteiger partial charge in [-0.25, -0.2) is 17.2 Å². The molecule has 0 saturated carbocycles. The molecule has 1 fully saturated rings. The fourth-order valence-electron chi connectivity index (χ4n) is 3.49. The van der Waals surface area contributed by atoms with Crippen LogP contribution in [0.25, 0.3) is 0 Å². The zero-order valence-corrected chi connectivity index (χ0v) is 17.9. The van der Waals surface area contributed by atoms with Crippen LogP contribution in [0.3, 0.4) is 0 Å². The number of fused-ring (bicyclic) bond motifs is 1. The van der Waals surface area contributed by atoms with E-state index in [-0.39, 0.29) is 37.1 Å². The van der Waals surface area contributed by atoms with Crippen LogP contribution in [0.4, 0.5) is 8.78 Å². The number of rotatable bonds is 3. The Labute approximate surface area is 183 Å². The van der Waals surface area contributed by atoms with Gasteiger partial charge in [0.05, 0.1) is 18.2 Å². The summed E-state index contributed by atoms with van der Waals surface area (Å²) in [5.74, 6) is -1.56. The van der Waals surface area contributed by atoms with E-state index in [2.05, 4.69) is 0 Å². The summed E-state index contributed by atoms with van der Waals surface area (Å²) in [6.07, 6.45) is 0.694. The molecule has 0 bridgehead atoms. The Kier molecular flexibility index (Phi) is 6.05. The van der Waals surface area contributed by atoms with E-state index in [0.717, 1.165) is 16.4 Å². The monoisotopic (exact) mass is 472 g/mol. The van der Waals surface area contributed by atoms with Gasteiger partial charge in [-0.2, -0.15) is 4.31 Å². The molecule has 7 nitrogen and oxygen atoms in total. The summed E-state index contributed by atoms with van der Waals surface area (Å²) in [6.45, 7) is 1.06. The maximum absolute atomic E-state index is 14.0. The second-order valence-electron chi connectivity index (χ2n) is 7.11. The summed E-state index contributed by atoms with van der Waals surface area (Å²) in [4.78, 5) is 13.8. The molecule has 31 heavy (non-hydrogen) atoms. The third-order valence-electron chi connectivity index (χ3n) is 5.09. The Balaban J connectivity index is 1.48. The number of hydrogen-bond donors (Lipinski definition) is 0. The molecule has 0 aliphatic carbocycles. The van der Waals surface area contributed by atoms with E-state index in [1.807, 2.05) is 0 Å². The predicted octanol–water partition coefficient (Wildman–Crippen LogP) is 2.93. The molecule has 0 atom stereocenters. The van der Waals surface area contributed by atoms with Gasteiger partial charge in [-0.3, -0.25) is 4.79 Å². The van der Waals surface area contributed by atoms with Crippen LogP contribution in [0.1, 0.15) is 16.8 Å². The molecular formula is C20H19ClF2N2O5S. The van der Waals surface area contributed by atoms with E-state index >= 15 is 0 Å². The number of amides is 1. The van der Waals surface area contributed by atoms with Crippen LogP contribution < -0.4 is 9.47 Å². The number of piperazine rings is 1. The van der Waals surface area contributed by atoms with Gasteiger partial charge in [0.15, 0.2) is 11.5 Å². The van der Waals surface area contributed by atoms with Crippen LogP contribution in [0, 0.1) is 11.6 Å². The third-order valence-corrected chi connectivity index (χ3v) is 7.30. The number of benzene rings is 2. The third kappa shape index (κ3) is 4.32. The molecular weight excluding hydrogens is 454 g/mol. The first-order valence-electron chi connectivity index (χ1n) is 9.61. The van der Waals surface area contributed by atoms with Crippen molar-refractivity contribution in [1.29, 1.82) is 0 Å². The van der Waals surface area contributed by atoms with Crippen LogP contribution in [-0.2, 0) is 10.0 Å². The molecule has 0 spiro atoms. The zero-order chi connectivity index (χ0) is 22.2. The lowest BCUT2D eigenvalue weighted by Gasteiger charge is -2.34. The molecule has 2 aliphatic rings. The van der Waals surface area contributed by atoms with Crippen molar-refractivity contribution < 1.29 is 31.5 Å². The van der Waals surface area contributed by atoms with Gasteiger partial charge in [0.25, 0.3) is 5.91 Å². The minimum atomic E-state index is -4.15. The molecule has 1 saturated heterocycles. The van der Waals surface area contributed by atoms with Crippen LogP contribution in [0.5, 0.6) is 11.5 Å². The molecule has 1 amide bonds. The van der Waals surface area contributed by atoms with E-state index in [0.29, 0.717) is 42.8 Å². The van der Waals surface area contributed by atoms with Gasteiger partial charge < -0.3 is 14.4 Å². The first kappa shape index (κ1) is 21.8. The minimum absolute atomic E-state index is 0.0246. The summed E-state index contributed by atoms with van der Waals surface area (Å²) in [7, 11) is -4.15. The van der Waals surface area contributed by atoms with Crippen molar-refractivity contribution in [2.75, 3.05) is 39.4 Å². The molecule has 0 unspecified atom stereocenters. The topological polar surface area (TPSA) is 76.2 Å². The van der Waals surface area contributed by atoms with Crippen LogP contribution in [0.2, 0.25) is 5.02 Å². The largest absolute Gasteiger partial charge is 0.489 e. The number of hydrogen-bond acceptors (Lipinski definition) is 5.